The van der Waals surface area contributed by atoms with Gasteiger partial charge in [0.05, 0.1) is 21.2 Å². The maximum absolute atomic E-state index is 12.7. The Kier molecular flexibility index (Phi) is 5.88. The van der Waals surface area contributed by atoms with Crippen molar-refractivity contribution in [2.45, 2.75) is 39.7 Å². The van der Waals surface area contributed by atoms with Gasteiger partial charge >= 0.3 is 0 Å². The van der Waals surface area contributed by atoms with E-state index in [9.17, 15) is 14.4 Å². The molecule has 0 radical (unpaired) electrons. The Morgan fingerprint density at radius 1 is 1.04 bits per heavy atom. The summed E-state index contributed by atoms with van der Waals surface area (Å²) in [5, 5.41) is 0.409. The predicted octanol–water partition coefficient (Wildman–Crippen LogP) is 3.63. The largest absolute Gasteiger partial charge is 0.341 e. The summed E-state index contributed by atoms with van der Waals surface area (Å²) < 4.78 is 0. The normalized spacial score (nSPS) is 14.8. The van der Waals surface area contributed by atoms with Crippen LogP contribution < -0.4 is 0 Å². The third-order valence-electron chi connectivity index (χ3n) is 4.00. The second-order valence-corrected chi connectivity index (χ2v) is 6.61. The highest BCUT2D eigenvalue weighted by Crippen LogP contribution is 2.32. The van der Waals surface area contributed by atoms with Crippen LogP contribution in [0.3, 0.4) is 0 Å². The van der Waals surface area contributed by atoms with Crippen LogP contribution in [0.4, 0.5) is 0 Å². The first-order chi connectivity index (χ1) is 11.3. The van der Waals surface area contributed by atoms with E-state index in [1.54, 1.807) is 11.8 Å². The fourth-order valence-corrected chi connectivity index (χ4v) is 3.18. The van der Waals surface area contributed by atoms with Gasteiger partial charge in [-0.15, -0.1) is 0 Å². The quantitative estimate of drug-likeness (QED) is 0.718. The van der Waals surface area contributed by atoms with E-state index < -0.39 is 17.9 Å². The van der Waals surface area contributed by atoms with E-state index >= 15 is 0 Å². The number of hydrogen-bond donors (Lipinski definition) is 0. The maximum atomic E-state index is 12.7. The average Bonchev–Trinajstić information content (AvgIpc) is 2.77. The van der Waals surface area contributed by atoms with Gasteiger partial charge in [-0.1, -0.05) is 37.0 Å². The van der Waals surface area contributed by atoms with Gasteiger partial charge in [0.15, 0.2) is 0 Å². The Balaban J connectivity index is 2.31. The van der Waals surface area contributed by atoms with Gasteiger partial charge < -0.3 is 4.90 Å². The summed E-state index contributed by atoms with van der Waals surface area (Å²) in [5.41, 5.74) is 0.373. The number of imide groups is 1. The van der Waals surface area contributed by atoms with Crippen LogP contribution in [0.15, 0.2) is 12.1 Å². The number of hydrogen-bond acceptors (Lipinski definition) is 3. The molecule has 1 aromatic carbocycles. The van der Waals surface area contributed by atoms with Gasteiger partial charge in [-0.05, 0) is 31.9 Å². The molecule has 7 heteroatoms. The van der Waals surface area contributed by atoms with E-state index in [1.807, 2.05) is 13.8 Å². The van der Waals surface area contributed by atoms with Crippen molar-refractivity contribution in [3.05, 3.63) is 33.3 Å². The number of rotatable bonds is 6. The molecule has 130 valence electrons. The molecule has 1 heterocycles. The number of halogens is 2. The predicted molar refractivity (Wildman–Crippen MR) is 93.6 cm³/mol. The minimum atomic E-state index is -0.868. The number of amides is 3. The highest BCUT2D eigenvalue weighted by atomic mass is 35.5. The van der Waals surface area contributed by atoms with Crippen LogP contribution in [0.25, 0.3) is 0 Å². The van der Waals surface area contributed by atoms with Crippen LogP contribution in [-0.2, 0) is 4.79 Å². The number of benzene rings is 1. The molecule has 1 unspecified atom stereocenters. The van der Waals surface area contributed by atoms with Crippen molar-refractivity contribution >= 4 is 40.9 Å². The van der Waals surface area contributed by atoms with Crippen LogP contribution in [-0.4, -0.2) is 46.7 Å². The van der Waals surface area contributed by atoms with Crippen molar-refractivity contribution in [1.29, 1.82) is 0 Å². The van der Waals surface area contributed by atoms with Crippen molar-refractivity contribution in [3.63, 3.8) is 0 Å². The van der Waals surface area contributed by atoms with E-state index in [4.69, 9.17) is 23.2 Å². The Hall–Kier alpha value is -1.59. The highest BCUT2D eigenvalue weighted by Gasteiger charge is 2.42. The van der Waals surface area contributed by atoms with Gasteiger partial charge in [0.25, 0.3) is 11.8 Å². The van der Waals surface area contributed by atoms with Gasteiger partial charge in [-0.25, -0.2) is 0 Å². The molecule has 0 bridgehead atoms. The lowest BCUT2D eigenvalue weighted by molar-refractivity contribution is -0.135. The number of carbonyl (C=O) groups excluding carboxylic acids is 3. The summed E-state index contributed by atoms with van der Waals surface area (Å²) in [6.07, 6.45) is 1.62. The average molecular weight is 371 g/mol. The van der Waals surface area contributed by atoms with Crippen molar-refractivity contribution in [1.82, 2.24) is 9.80 Å². The summed E-state index contributed by atoms with van der Waals surface area (Å²) in [6.45, 7) is 6.72. The van der Waals surface area contributed by atoms with Gasteiger partial charge in [0.1, 0.15) is 6.04 Å². The minimum Gasteiger partial charge on any atom is -0.341 e. The molecule has 0 aromatic heterocycles. The number of carbonyl (C=O) groups is 3. The molecule has 5 nitrogen and oxygen atoms in total. The molecule has 0 saturated heterocycles. The van der Waals surface area contributed by atoms with E-state index in [0.29, 0.717) is 13.1 Å². The summed E-state index contributed by atoms with van der Waals surface area (Å²) in [7, 11) is 0. The van der Waals surface area contributed by atoms with E-state index in [2.05, 4.69) is 0 Å². The topological polar surface area (TPSA) is 57.7 Å². The molecule has 3 amide bonds. The molecule has 0 saturated carbocycles. The first-order valence-corrected chi connectivity index (χ1v) is 8.74. The van der Waals surface area contributed by atoms with Crippen LogP contribution in [0.2, 0.25) is 10.0 Å². The van der Waals surface area contributed by atoms with Crippen LogP contribution >= 0.6 is 23.2 Å². The lowest BCUT2D eigenvalue weighted by Crippen LogP contribution is -2.49. The summed E-state index contributed by atoms with van der Waals surface area (Å²) in [6, 6.07) is 1.90. The van der Waals surface area contributed by atoms with Crippen molar-refractivity contribution < 1.29 is 14.4 Å². The SMILES string of the molecule is CCCN(CCC)C(=O)C(C)N1C(=O)c2cc(Cl)c(Cl)cc2C1=O. The highest BCUT2D eigenvalue weighted by molar-refractivity contribution is 6.43. The molecule has 0 N–H and O–H groups in total. The lowest BCUT2D eigenvalue weighted by atomic mass is 10.1. The van der Waals surface area contributed by atoms with Gasteiger partial charge in [0.2, 0.25) is 5.91 Å². The fourth-order valence-electron chi connectivity index (χ4n) is 2.85. The Morgan fingerprint density at radius 3 is 1.83 bits per heavy atom. The van der Waals surface area contributed by atoms with Crippen LogP contribution in [0.5, 0.6) is 0 Å². The van der Waals surface area contributed by atoms with Crippen molar-refractivity contribution in [3.8, 4) is 0 Å². The summed E-state index contributed by atoms with van der Waals surface area (Å²) in [5.74, 6) is -1.25. The Labute approximate surface area is 151 Å². The molecule has 24 heavy (non-hydrogen) atoms. The van der Waals surface area contributed by atoms with Crippen LogP contribution in [0.1, 0.15) is 54.3 Å². The maximum Gasteiger partial charge on any atom is 0.262 e. The standard InChI is InChI=1S/C17H20Cl2N2O3/c1-4-6-20(7-5-2)15(22)10(3)21-16(23)11-8-13(18)14(19)9-12(11)17(21)24/h8-10H,4-7H2,1-3H3. The van der Waals surface area contributed by atoms with E-state index in [0.717, 1.165) is 17.7 Å². The third kappa shape index (κ3) is 3.28. The second-order valence-electron chi connectivity index (χ2n) is 5.79. The van der Waals surface area contributed by atoms with E-state index in [1.165, 1.54) is 12.1 Å². The summed E-state index contributed by atoms with van der Waals surface area (Å²) >= 11 is 11.9. The Morgan fingerprint density at radius 2 is 1.46 bits per heavy atom. The number of nitrogens with zero attached hydrogens (tertiary/aromatic N) is 2. The zero-order valence-corrected chi connectivity index (χ0v) is 15.4. The van der Waals surface area contributed by atoms with E-state index in [-0.39, 0.29) is 27.1 Å². The lowest BCUT2D eigenvalue weighted by Gasteiger charge is -2.29. The van der Waals surface area contributed by atoms with Crippen molar-refractivity contribution in [2.24, 2.45) is 0 Å². The molecular formula is C17H20Cl2N2O3. The third-order valence-corrected chi connectivity index (χ3v) is 4.72. The van der Waals surface area contributed by atoms with Gasteiger partial charge in [0, 0.05) is 13.1 Å². The zero-order chi connectivity index (χ0) is 18.0. The molecule has 0 spiro atoms. The minimum absolute atomic E-state index is 0.187. The van der Waals surface area contributed by atoms with Crippen LogP contribution in [0, 0.1) is 0 Å². The van der Waals surface area contributed by atoms with Gasteiger partial charge in [-0.3, -0.25) is 19.3 Å². The molecule has 0 aliphatic carbocycles. The number of fused-ring (bicyclic) bond motifs is 1. The van der Waals surface area contributed by atoms with Gasteiger partial charge in [-0.2, -0.15) is 0 Å². The summed E-state index contributed by atoms with van der Waals surface area (Å²) in [4.78, 5) is 40.6. The second kappa shape index (κ2) is 7.53. The smallest absolute Gasteiger partial charge is 0.262 e. The Bertz CT molecular complexity index is 644. The first-order valence-electron chi connectivity index (χ1n) is 7.99. The molecule has 1 atom stereocenters. The monoisotopic (exact) mass is 370 g/mol. The molecule has 2 rings (SSSR count). The molecular weight excluding hydrogens is 351 g/mol. The fraction of sp³-hybridized carbons (Fsp3) is 0.471. The molecule has 1 aliphatic heterocycles. The molecule has 0 fully saturated rings. The first kappa shape index (κ1) is 18.7. The van der Waals surface area contributed by atoms with Crippen molar-refractivity contribution in [2.75, 3.05) is 13.1 Å². The zero-order valence-electron chi connectivity index (χ0n) is 13.9. The molecule has 1 aliphatic rings. The molecule has 1 aromatic rings.